The van der Waals surface area contributed by atoms with Gasteiger partial charge in [0.05, 0.1) is 17.4 Å². The molecule has 0 aliphatic carbocycles. The number of aliphatic hydroxyl groups is 2. The molecule has 0 bridgehead atoms. The maximum atomic E-state index is 12.3. The van der Waals surface area contributed by atoms with E-state index >= 15 is 0 Å². The highest BCUT2D eigenvalue weighted by molar-refractivity contribution is 7.89. The molecule has 1 aromatic rings. The van der Waals surface area contributed by atoms with Gasteiger partial charge in [-0.1, -0.05) is 11.6 Å². The van der Waals surface area contributed by atoms with Gasteiger partial charge in [-0.3, -0.25) is 4.79 Å². The minimum Gasteiger partial charge on any atom is -0.388 e. The Morgan fingerprint density at radius 2 is 1.77 bits per heavy atom. The molecule has 1 fully saturated rings. The topological polar surface area (TPSA) is 125 Å². The van der Waals surface area contributed by atoms with Crippen molar-refractivity contribution < 1.29 is 28.2 Å². The number of amides is 1. The first kappa shape index (κ1) is 21.1. The standard InChI is InChI=1S/C16H23ClN2O6S/c1-9(2)19-14(20)7-12-15(21)16(22)13(25-12)8-18-26(23,24)11-5-3-10(17)4-6-11/h3-6,9,12-13,15-16,18,21-22H,7-8H2,1-2H3,(H,19,20)/t12-,13-,15+,16-/m1/s1. The van der Waals surface area contributed by atoms with E-state index in [-0.39, 0.29) is 29.8 Å². The fourth-order valence-corrected chi connectivity index (χ4v) is 3.79. The summed E-state index contributed by atoms with van der Waals surface area (Å²) in [6, 6.07) is 5.54. The second-order valence-corrected chi connectivity index (χ2v) is 8.63. The zero-order valence-corrected chi connectivity index (χ0v) is 16.0. The van der Waals surface area contributed by atoms with Gasteiger partial charge < -0.3 is 20.3 Å². The highest BCUT2D eigenvalue weighted by atomic mass is 35.5. The summed E-state index contributed by atoms with van der Waals surface area (Å²) in [4.78, 5) is 11.8. The van der Waals surface area contributed by atoms with Crippen molar-refractivity contribution in [3.8, 4) is 0 Å². The summed E-state index contributed by atoms with van der Waals surface area (Å²) in [7, 11) is -3.82. The summed E-state index contributed by atoms with van der Waals surface area (Å²) < 4.78 is 32.3. The highest BCUT2D eigenvalue weighted by Crippen LogP contribution is 2.24. The van der Waals surface area contributed by atoms with Gasteiger partial charge in [-0.15, -0.1) is 0 Å². The minimum absolute atomic E-state index is 0.0165. The van der Waals surface area contributed by atoms with Gasteiger partial charge in [-0.2, -0.15) is 0 Å². The molecule has 26 heavy (non-hydrogen) atoms. The van der Waals surface area contributed by atoms with Crippen LogP contribution in [0.1, 0.15) is 20.3 Å². The summed E-state index contributed by atoms with van der Waals surface area (Å²) in [5.41, 5.74) is 0. The lowest BCUT2D eigenvalue weighted by molar-refractivity contribution is -0.125. The van der Waals surface area contributed by atoms with Gasteiger partial charge in [-0.25, -0.2) is 13.1 Å². The molecule has 1 heterocycles. The smallest absolute Gasteiger partial charge is 0.240 e. The summed E-state index contributed by atoms with van der Waals surface area (Å²) >= 11 is 5.74. The molecule has 0 radical (unpaired) electrons. The average Bonchev–Trinajstić information content (AvgIpc) is 2.80. The quantitative estimate of drug-likeness (QED) is 0.506. The molecule has 1 aliphatic heterocycles. The Kier molecular flexibility index (Phi) is 7.00. The van der Waals surface area contributed by atoms with Crippen LogP contribution in [0.2, 0.25) is 5.02 Å². The van der Waals surface area contributed by atoms with Gasteiger partial charge >= 0.3 is 0 Å². The molecule has 10 heteroatoms. The Hall–Kier alpha value is -1.23. The van der Waals surface area contributed by atoms with E-state index in [0.29, 0.717) is 5.02 Å². The Balaban J connectivity index is 1.95. The second-order valence-electron chi connectivity index (χ2n) is 6.43. The molecule has 0 aromatic heterocycles. The molecule has 1 amide bonds. The molecular weight excluding hydrogens is 384 g/mol. The van der Waals surface area contributed by atoms with Crippen LogP contribution >= 0.6 is 11.6 Å². The minimum atomic E-state index is -3.82. The number of halogens is 1. The van der Waals surface area contributed by atoms with Gasteiger partial charge in [-0.05, 0) is 38.1 Å². The molecule has 8 nitrogen and oxygen atoms in total. The van der Waals surface area contributed by atoms with E-state index in [1.807, 2.05) is 0 Å². The first-order valence-corrected chi connectivity index (χ1v) is 10.0. The van der Waals surface area contributed by atoms with Crippen molar-refractivity contribution in [3.05, 3.63) is 29.3 Å². The van der Waals surface area contributed by atoms with Crippen LogP contribution in [-0.2, 0) is 19.6 Å². The van der Waals surface area contributed by atoms with Crippen LogP contribution in [0.15, 0.2) is 29.2 Å². The van der Waals surface area contributed by atoms with Gasteiger partial charge in [0.2, 0.25) is 15.9 Å². The number of carbonyl (C=O) groups is 1. The maximum absolute atomic E-state index is 12.3. The van der Waals surface area contributed by atoms with Crippen LogP contribution in [-0.4, -0.2) is 61.5 Å². The number of carbonyl (C=O) groups excluding carboxylic acids is 1. The lowest BCUT2D eigenvalue weighted by Crippen LogP contribution is -2.40. The van der Waals surface area contributed by atoms with Crippen molar-refractivity contribution in [1.29, 1.82) is 0 Å². The van der Waals surface area contributed by atoms with Gasteiger partial charge in [0.1, 0.15) is 18.3 Å². The monoisotopic (exact) mass is 406 g/mol. The van der Waals surface area contributed by atoms with E-state index in [1.54, 1.807) is 13.8 Å². The summed E-state index contributed by atoms with van der Waals surface area (Å²) in [5.74, 6) is -0.321. The zero-order valence-electron chi connectivity index (χ0n) is 14.4. The fourth-order valence-electron chi connectivity index (χ4n) is 2.62. The molecule has 0 unspecified atom stereocenters. The van der Waals surface area contributed by atoms with E-state index in [4.69, 9.17) is 16.3 Å². The number of benzene rings is 1. The van der Waals surface area contributed by atoms with Gasteiger partial charge in [0.15, 0.2) is 0 Å². The molecule has 1 aliphatic rings. The van der Waals surface area contributed by atoms with E-state index in [1.165, 1.54) is 24.3 Å². The van der Waals surface area contributed by atoms with Crippen molar-refractivity contribution in [3.63, 3.8) is 0 Å². The van der Waals surface area contributed by atoms with Crippen LogP contribution < -0.4 is 10.0 Å². The Morgan fingerprint density at radius 3 is 2.35 bits per heavy atom. The molecule has 1 saturated heterocycles. The molecule has 4 N–H and O–H groups in total. The normalized spacial score (nSPS) is 26.2. The van der Waals surface area contributed by atoms with Crippen molar-refractivity contribution in [2.45, 2.75) is 55.6 Å². The molecular formula is C16H23ClN2O6S. The van der Waals surface area contributed by atoms with E-state index in [2.05, 4.69) is 10.0 Å². The average molecular weight is 407 g/mol. The summed E-state index contributed by atoms with van der Waals surface area (Å²) in [6.45, 7) is 3.35. The van der Waals surface area contributed by atoms with Gasteiger partial charge in [0.25, 0.3) is 0 Å². The van der Waals surface area contributed by atoms with Crippen molar-refractivity contribution in [2.24, 2.45) is 0 Å². The van der Waals surface area contributed by atoms with E-state index < -0.39 is 34.4 Å². The van der Waals surface area contributed by atoms with Crippen molar-refractivity contribution >= 4 is 27.5 Å². The zero-order chi connectivity index (χ0) is 19.5. The molecule has 2 rings (SSSR count). The molecule has 0 saturated carbocycles. The number of aliphatic hydroxyl groups excluding tert-OH is 2. The largest absolute Gasteiger partial charge is 0.388 e. The van der Waals surface area contributed by atoms with Crippen LogP contribution in [0.4, 0.5) is 0 Å². The maximum Gasteiger partial charge on any atom is 0.240 e. The molecule has 1 aromatic carbocycles. The number of sulfonamides is 1. The summed E-state index contributed by atoms with van der Waals surface area (Å²) in [6.07, 6.45) is -4.59. The van der Waals surface area contributed by atoms with Gasteiger partial charge in [0, 0.05) is 17.6 Å². The number of hydrogen-bond donors (Lipinski definition) is 4. The first-order chi connectivity index (χ1) is 12.1. The van der Waals surface area contributed by atoms with Crippen molar-refractivity contribution in [1.82, 2.24) is 10.0 Å². The molecule has 4 atom stereocenters. The molecule has 0 spiro atoms. The fraction of sp³-hybridized carbons (Fsp3) is 0.562. The van der Waals surface area contributed by atoms with E-state index in [9.17, 15) is 23.4 Å². The number of hydrogen-bond acceptors (Lipinski definition) is 6. The Bertz CT molecular complexity index is 725. The predicted molar refractivity (Wildman–Crippen MR) is 95.2 cm³/mol. The third kappa shape index (κ3) is 5.38. The third-order valence-corrected chi connectivity index (χ3v) is 5.59. The second kappa shape index (κ2) is 8.64. The number of nitrogens with one attached hydrogen (secondary N) is 2. The lowest BCUT2D eigenvalue weighted by atomic mass is 10.1. The Labute approximate surface area is 157 Å². The van der Waals surface area contributed by atoms with Crippen LogP contribution in [0.3, 0.4) is 0 Å². The predicted octanol–water partition coefficient (Wildman–Crippen LogP) is 0.0222. The SMILES string of the molecule is CC(C)NC(=O)C[C@H]1O[C@H](CNS(=O)(=O)c2ccc(Cl)cc2)[C@@H](O)[C@H]1O. The summed E-state index contributed by atoms with van der Waals surface area (Å²) in [5, 5.41) is 23.2. The van der Waals surface area contributed by atoms with Crippen LogP contribution in [0, 0.1) is 0 Å². The first-order valence-electron chi connectivity index (χ1n) is 8.16. The lowest BCUT2D eigenvalue weighted by Gasteiger charge is -2.16. The Morgan fingerprint density at radius 1 is 1.19 bits per heavy atom. The van der Waals surface area contributed by atoms with Crippen LogP contribution in [0.25, 0.3) is 0 Å². The number of ether oxygens (including phenoxy) is 1. The van der Waals surface area contributed by atoms with Crippen LogP contribution in [0.5, 0.6) is 0 Å². The van der Waals surface area contributed by atoms with E-state index in [0.717, 1.165) is 0 Å². The highest BCUT2D eigenvalue weighted by Gasteiger charge is 2.43. The van der Waals surface area contributed by atoms with Crippen molar-refractivity contribution in [2.75, 3.05) is 6.54 Å². The third-order valence-electron chi connectivity index (χ3n) is 3.90. The molecule has 146 valence electrons. The number of rotatable bonds is 7.